The van der Waals surface area contributed by atoms with E-state index in [2.05, 4.69) is 27.5 Å². The summed E-state index contributed by atoms with van der Waals surface area (Å²) < 4.78 is 0. The van der Waals surface area contributed by atoms with Gasteiger partial charge in [0.15, 0.2) is 0 Å². The Bertz CT molecular complexity index is 1250. The van der Waals surface area contributed by atoms with Crippen LogP contribution in [0.3, 0.4) is 0 Å². The minimum atomic E-state index is -0.218. The van der Waals surface area contributed by atoms with Crippen LogP contribution < -0.4 is 10.6 Å². The lowest BCUT2D eigenvalue weighted by molar-refractivity contribution is 0.102. The number of amides is 1. The monoisotopic (exact) mass is 454 g/mol. The summed E-state index contributed by atoms with van der Waals surface area (Å²) in [4.78, 5) is 23.7. The van der Waals surface area contributed by atoms with Crippen LogP contribution in [0.5, 0.6) is 0 Å². The number of anilines is 2. The summed E-state index contributed by atoms with van der Waals surface area (Å²) in [5.41, 5.74) is 5.14. The van der Waals surface area contributed by atoms with Crippen LogP contribution in [-0.4, -0.2) is 15.9 Å². The number of thiophene rings is 1. The van der Waals surface area contributed by atoms with Crippen LogP contribution >= 0.6 is 11.3 Å². The second-order valence-electron chi connectivity index (χ2n) is 8.32. The number of pyridine rings is 2. The van der Waals surface area contributed by atoms with Crippen molar-refractivity contribution in [2.75, 3.05) is 10.6 Å². The van der Waals surface area contributed by atoms with Gasteiger partial charge in [-0.3, -0.25) is 9.78 Å². The van der Waals surface area contributed by atoms with E-state index in [0.29, 0.717) is 5.56 Å². The van der Waals surface area contributed by atoms with Crippen molar-refractivity contribution in [1.29, 1.82) is 0 Å². The summed E-state index contributed by atoms with van der Waals surface area (Å²) in [7, 11) is 0. The van der Waals surface area contributed by atoms with Crippen LogP contribution in [0.2, 0.25) is 0 Å². The minimum absolute atomic E-state index is 0.0936. The van der Waals surface area contributed by atoms with E-state index in [4.69, 9.17) is 0 Å². The molecule has 0 radical (unpaired) electrons. The zero-order chi connectivity index (χ0) is 22.6. The van der Waals surface area contributed by atoms with Crippen LogP contribution in [0.4, 0.5) is 10.8 Å². The summed E-state index contributed by atoms with van der Waals surface area (Å²) >= 11 is 1.70. The smallest absolute Gasteiger partial charge is 0.256 e. The first-order valence-electron chi connectivity index (χ1n) is 11.3. The molecule has 0 spiro atoms. The highest BCUT2D eigenvalue weighted by atomic mass is 32.1. The van der Waals surface area contributed by atoms with Gasteiger partial charge in [-0.1, -0.05) is 24.3 Å². The molecule has 0 saturated carbocycles. The second kappa shape index (κ2) is 9.55. The average Bonchev–Trinajstić information content (AvgIpc) is 3.21. The molecule has 5 rings (SSSR count). The van der Waals surface area contributed by atoms with Gasteiger partial charge in [0.1, 0.15) is 10.8 Å². The third-order valence-corrected chi connectivity index (χ3v) is 7.18. The summed E-state index contributed by atoms with van der Waals surface area (Å²) in [6, 6.07) is 19.1. The maximum Gasteiger partial charge on any atom is 0.256 e. The minimum Gasteiger partial charge on any atom is -0.357 e. The van der Waals surface area contributed by atoms with Crippen molar-refractivity contribution in [3.8, 4) is 0 Å². The molecule has 0 bridgehead atoms. The molecule has 4 aromatic rings. The zero-order valence-corrected chi connectivity index (χ0v) is 19.4. The topological polar surface area (TPSA) is 66.9 Å². The standard InChI is InChI=1S/C27H26N4OS/c1-18-14-16-29-23(17-18)30-25(21-12-7-8-15-28-21)24-20-11-5-6-13-22(20)33-27(24)31-26(32)19-9-3-2-4-10-19/h2-4,7-10,12,14-17,25H,5-6,11,13H2,1H3,(H,29,30)(H,31,32)/t25-/m0/s1. The molecule has 3 aromatic heterocycles. The van der Waals surface area contributed by atoms with Gasteiger partial charge >= 0.3 is 0 Å². The summed E-state index contributed by atoms with van der Waals surface area (Å²) in [6.07, 6.45) is 8.02. The Morgan fingerprint density at radius 3 is 2.58 bits per heavy atom. The molecule has 0 unspecified atom stereocenters. The Morgan fingerprint density at radius 2 is 1.79 bits per heavy atom. The molecule has 0 fully saturated rings. The quantitative estimate of drug-likeness (QED) is 0.365. The molecule has 166 valence electrons. The lowest BCUT2D eigenvalue weighted by Gasteiger charge is -2.23. The highest BCUT2D eigenvalue weighted by Gasteiger charge is 2.29. The highest BCUT2D eigenvalue weighted by Crippen LogP contribution is 2.44. The van der Waals surface area contributed by atoms with Gasteiger partial charge in [-0.15, -0.1) is 11.3 Å². The average molecular weight is 455 g/mol. The molecular formula is C27H26N4OS. The fourth-order valence-corrected chi connectivity index (χ4v) is 5.68. The van der Waals surface area contributed by atoms with Crippen LogP contribution in [0.25, 0.3) is 0 Å². The molecule has 1 atom stereocenters. The molecule has 2 N–H and O–H groups in total. The number of aryl methyl sites for hydroxylation is 2. The van der Waals surface area contributed by atoms with Crippen molar-refractivity contribution in [2.45, 2.75) is 38.6 Å². The summed E-state index contributed by atoms with van der Waals surface area (Å²) in [6.45, 7) is 2.06. The van der Waals surface area contributed by atoms with Crippen molar-refractivity contribution >= 4 is 28.1 Å². The fraction of sp³-hybridized carbons (Fsp3) is 0.222. The van der Waals surface area contributed by atoms with E-state index in [0.717, 1.165) is 46.9 Å². The number of benzene rings is 1. The highest BCUT2D eigenvalue weighted by molar-refractivity contribution is 7.16. The number of nitrogens with zero attached hydrogens (tertiary/aromatic N) is 2. The Hall–Kier alpha value is -3.51. The molecular weight excluding hydrogens is 428 g/mol. The molecule has 3 heterocycles. The van der Waals surface area contributed by atoms with Gasteiger partial charge in [-0.2, -0.15) is 0 Å². The van der Waals surface area contributed by atoms with Gasteiger partial charge in [0.25, 0.3) is 5.91 Å². The third kappa shape index (κ3) is 4.66. The maximum absolute atomic E-state index is 13.1. The fourth-order valence-electron chi connectivity index (χ4n) is 4.36. The Balaban J connectivity index is 1.60. The van der Waals surface area contributed by atoms with Gasteiger partial charge in [0.05, 0.1) is 11.7 Å². The number of hydrogen-bond donors (Lipinski definition) is 2. The van der Waals surface area contributed by atoms with E-state index < -0.39 is 0 Å². The first-order chi connectivity index (χ1) is 16.2. The Labute approximate surface area is 197 Å². The Kier molecular flexibility index (Phi) is 6.17. The van der Waals surface area contributed by atoms with Gasteiger partial charge in [0.2, 0.25) is 0 Å². The first kappa shape index (κ1) is 21.3. The zero-order valence-electron chi connectivity index (χ0n) is 18.5. The van der Waals surface area contributed by atoms with Gasteiger partial charge in [-0.25, -0.2) is 4.98 Å². The normalized spacial score (nSPS) is 13.7. The molecule has 5 nitrogen and oxygen atoms in total. The summed E-state index contributed by atoms with van der Waals surface area (Å²) in [5.74, 6) is 0.700. The predicted molar refractivity (Wildman–Crippen MR) is 134 cm³/mol. The van der Waals surface area contributed by atoms with Crippen molar-refractivity contribution in [3.05, 3.63) is 106 Å². The van der Waals surface area contributed by atoms with Crippen molar-refractivity contribution in [2.24, 2.45) is 0 Å². The van der Waals surface area contributed by atoms with Crippen LogP contribution in [0.1, 0.15) is 56.5 Å². The first-order valence-corrected chi connectivity index (χ1v) is 12.1. The molecule has 1 aliphatic rings. The van der Waals surface area contributed by atoms with E-state index in [9.17, 15) is 4.79 Å². The van der Waals surface area contributed by atoms with Crippen molar-refractivity contribution < 1.29 is 4.79 Å². The van der Waals surface area contributed by atoms with Crippen LogP contribution in [0.15, 0.2) is 73.1 Å². The molecule has 0 saturated heterocycles. The van der Waals surface area contributed by atoms with Crippen molar-refractivity contribution in [3.63, 3.8) is 0 Å². The van der Waals surface area contributed by atoms with Crippen LogP contribution in [0, 0.1) is 6.92 Å². The number of rotatable bonds is 6. The number of fused-ring (bicyclic) bond motifs is 1. The molecule has 33 heavy (non-hydrogen) atoms. The van der Waals surface area contributed by atoms with E-state index in [1.165, 1.54) is 16.9 Å². The molecule has 0 aliphatic heterocycles. The van der Waals surface area contributed by atoms with Gasteiger partial charge < -0.3 is 10.6 Å². The number of carbonyl (C=O) groups excluding carboxylic acids is 1. The van der Waals surface area contributed by atoms with Crippen molar-refractivity contribution in [1.82, 2.24) is 9.97 Å². The van der Waals surface area contributed by atoms with E-state index >= 15 is 0 Å². The lowest BCUT2D eigenvalue weighted by Crippen LogP contribution is -2.19. The lowest BCUT2D eigenvalue weighted by atomic mass is 9.91. The Morgan fingerprint density at radius 1 is 0.970 bits per heavy atom. The van der Waals surface area contributed by atoms with E-state index in [-0.39, 0.29) is 11.9 Å². The van der Waals surface area contributed by atoms with E-state index in [1.807, 2.05) is 73.1 Å². The van der Waals surface area contributed by atoms with Gasteiger partial charge in [-0.05, 0) is 80.1 Å². The molecule has 1 aliphatic carbocycles. The number of hydrogen-bond acceptors (Lipinski definition) is 5. The largest absolute Gasteiger partial charge is 0.357 e. The third-order valence-electron chi connectivity index (χ3n) is 5.96. The number of aromatic nitrogens is 2. The second-order valence-corrected chi connectivity index (χ2v) is 9.43. The van der Waals surface area contributed by atoms with Crippen LogP contribution in [-0.2, 0) is 12.8 Å². The number of nitrogens with one attached hydrogen (secondary N) is 2. The molecule has 1 amide bonds. The molecule has 6 heteroatoms. The predicted octanol–water partition coefficient (Wildman–Crippen LogP) is 6.18. The summed E-state index contributed by atoms with van der Waals surface area (Å²) in [5, 5.41) is 7.74. The van der Waals surface area contributed by atoms with E-state index in [1.54, 1.807) is 11.3 Å². The molecule has 1 aromatic carbocycles. The number of carbonyl (C=O) groups is 1. The van der Waals surface area contributed by atoms with Gasteiger partial charge in [0, 0.05) is 28.4 Å². The maximum atomic E-state index is 13.1. The SMILES string of the molecule is Cc1ccnc(N[C@@H](c2ccccn2)c2c(NC(=O)c3ccccc3)sc3c2CCCC3)c1.